The molecule has 1 aliphatic rings. The molecule has 0 radical (unpaired) electrons. The van der Waals surface area contributed by atoms with Gasteiger partial charge in [-0.2, -0.15) is 4.98 Å². The Morgan fingerprint density at radius 1 is 1.30 bits per heavy atom. The quantitative estimate of drug-likeness (QED) is 0.827. The van der Waals surface area contributed by atoms with Crippen LogP contribution in [0.15, 0.2) is 16.7 Å². The minimum Gasteiger partial charge on any atom is -0.397 e. The minimum absolute atomic E-state index is 0.374. The average Bonchev–Trinajstić information content (AvgIpc) is 3.02. The Bertz CT molecular complexity index is 641. The van der Waals surface area contributed by atoms with Gasteiger partial charge in [0.05, 0.1) is 16.3 Å². The van der Waals surface area contributed by atoms with Crippen LogP contribution in [0.2, 0.25) is 10.0 Å². The molecule has 0 amide bonds. The van der Waals surface area contributed by atoms with Crippen molar-refractivity contribution in [1.29, 1.82) is 0 Å². The van der Waals surface area contributed by atoms with Gasteiger partial charge in [0.15, 0.2) is 5.82 Å². The molecule has 106 valence electrons. The third-order valence-electron chi connectivity index (χ3n) is 3.83. The van der Waals surface area contributed by atoms with Gasteiger partial charge < -0.3 is 10.3 Å². The van der Waals surface area contributed by atoms with E-state index in [4.69, 9.17) is 33.5 Å². The first kappa shape index (κ1) is 13.7. The zero-order valence-corrected chi connectivity index (χ0v) is 12.6. The van der Waals surface area contributed by atoms with Crippen molar-refractivity contribution in [3.8, 4) is 11.5 Å². The first-order valence-electron chi connectivity index (χ1n) is 6.63. The van der Waals surface area contributed by atoms with Crippen LogP contribution in [-0.4, -0.2) is 10.1 Å². The molecule has 6 heteroatoms. The summed E-state index contributed by atoms with van der Waals surface area (Å²) in [5.74, 6) is 2.22. The van der Waals surface area contributed by atoms with Crippen LogP contribution in [0.3, 0.4) is 0 Å². The first-order valence-corrected chi connectivity index (χ1v) is 7.38. The van der Waals surface area contributed by atoms with Crippen molar-refractivity contribution >= 4 is 28.9 Å². The Morgan fingerprint density at radius 3 is 2.80 bits per heavy atom. The summed E-state index contributed by atoms with van der Waals surface area (Å²) in [6.45, 7) is 2.25. The molecule has 20 heavy (non-hydrogen) atoms. The van der Waals surface area contributed by atoms with E-state index < -0.39 is 0 Å². The lowest BCUT2D eigenvalue weighted by atomic mass is 10.1. The zero-order valence-electron chi connectivity index (χ0n) is 11.1. The lowest BCUT2D eigenvalue weighted by Crippen LogP contribution is -1.96. The van der Waals surface area contributed by atoms with Crippen molar-refractivity contribution in [2.75, 3.05) is 5.73 Å². The van der Waals surface area contributed by atoms with Crippen molar-refractivity contribution in [2.24, 2.45) is 5.92 Å². The van der Waals surface area contributed by atoms with Gasteiger partial charge in [0, 0.05) is 10.9 Å². The van der Waals surface area contributed by atoms with E-state index >= 15 is 0 Å². The molecule has 1 aliphatic carbocycles. The second-order valence-corrected chi connectivity index (χ2v) is 6.27. The van der Waals surface area contributed by atoms with E-state index in [-0.39, 0.29) is 0 Å². The summed E-state index contributed by atoms with van der Waals surface area (Å²) in [4.78, 5) is 4.46. The van der Waals surface area contributed by atoms with E-state index in [1.807, 2.05) is 0 Å². The van der Waals surface area contributed by atoms with E-state index in [0.717, 1.165) is 18.7 Å². The predicted molar refractivity (Wildman–Crippen MR) is 79.9 cm³/mol. The highest BCUT2D eigenvalue weighted by Gasteiger charge is 2.27. The number of nitrogens with zero attached hydrogens (tertiary/aromatic N) is 2. The number of hydrogen-bond donors (Lipinski definition) is 1. The molecule has 1 aromatic carbocycles. The van der Waals surface area contributed by atoms with Gasteiger partial charge in [-0.3, -0.25) is 0 Å². The molecule has 0 saturated heterocycles. The Labute approximate surface area is 127 Å². The van der Waals surface area contributed by atoms with E-state index in [0.29, 0.717) is 39.0 Å². The fraction of sp³-hybridized carbons (Fsp3) is 0.429. The van der Waals surface area contributed by atoms with Crippen molar-refractivity contribution in [1.82, 2.24) is 10.1 Å². The highest BCUT2D eigenvalue weighted by molar-refractivity contribution is 6.37. The summed E-state index contributed by atoms with van der Waals surface area (Å²) < 4.78 is 5.33. The zero-order chi connectivity index (χ0) is 14.3. The van der Waals surface area contributed by atoms with Gasteiger partial charge in [0.25, 0.3) is 5.89 Å². The van der Waals surface area contributed by atoms with Gasteiger partial charge in [-0.1, -0.05) is 35.3 Å². The molecule has 1 fully saturated rings. The van der Waals surface area contributed by atoms with Crippen LogP contribution in [0.1, 0.15) is 37.9 Å². The van der Waals surface area contributed by atoms with Gasteiger partial charge in [-0.05, 0) is 37.3 Å². The van der Waals surface area contributed by atoms with Crippen molar-refractivity contribution in [3.05, 3.63) is 28.0 Å². The standard InChI is InChI=1S/C14H15Cl2N3O/c1-7-2-3-8(4-7)13-18-14(20-19-13)10-5-9(15)6-11(16)12(10)17/h5-8H,2-4,17H2,1H3. The first-order chi connectivity index (χ1) is 9.54. The normalized spacial score (nSPS) is 22.4. The van der Waals surface area contributed by atoms with Crippen LogP contribution >= 0.6 is 23.2 Å². The summed E-state index contributed by atoms with van der Waals surface area (Å²) in [5, 5.41) is 4.97. The Morgan fingerprint density at radius 2 is 2.10 bits per heavy atom. The molecule has 0 aliphatic heterocycles. The lowest BCUT2D eigenvalue weighted by molar-refractivity contribution is 0.415. The molecule has 2 atom stereocenters. The highest BCUT2D eigenvalue weighted by atomic mass is 35.5. The van der Waals surface area contributed by atoms with Crippen LogP contribution in [0.5, 0.6) is 0 Å². The van der Waals surface area contributed by atoms with Crippen molar-refractivity contribution in [2.45, 2.75) is 32.1 Å². The van der Waals surface area contributed by atoms with Crippen LogP contribution < -0.4 is 5.73 Å². The molecule has 1 heterocycles. The Kier molecular flexibility index (Phi) is 3.61. The number of nitrogens with two attached hydrogens (primary N) is 1. The van der Waals surface area contributed by atoms with E-state index in [1.165, 1.54) is 6.42 Å². The number of benzene rings is 1. The molecule has 2 aromatic rings. The van der Waals surface area contributed by atoms with Gasteiger partial charge in [0.2, 0.25) is 0 Å². The number of rotatable bonds is 2. The Hall–Kier alpha value is -1.26. The number of hydrogen-bond acceptors (Lipinski definition) is 4. The fourth-order valence-electron chi connectivity index (χ4n) is 2.71. The Balaban J connectivity index is 1.94. The summed E-state index contributed by atoms with van der Waals surface area (Å²) >= 11 is 12.0. The average molecular weight is 312 g/mol. The number of aromatic nitrogens is 2. The molecule has 1 saturated carbocycles. The molecule has 0 spiro atoms. The van der Waals surface area contributed by atoms with Crippen LogP contribution in [0, 0.1) is 5.92 Å². The van der Waals surface area contributed by atoms with Crippen LogP contribution in [0.25, 0.3) is 11.5 Å². The third-order valence-corrected chi connectivity index (χ3v) is 4.36. The van der Waals surface area contributed by atoms with E-state index in [1.54, 1.807) is 12.1 Å². The molecule has 4 nitrogen and oxygen atoms in total. The second kappa shape index (κ2) is 5.26. The summed E-state index contributed by atoms with van der Waals surface area (Å²) in [6.07, 6.45) is 3.41. The summed E-state index contributed by atoms with van der Waals surface area (Å²) in [5.41, 5.74) is 6.95. The molecule has 2 unspecified atom stereocenters. The predicted octanol–water partition coefficient (Wildman–Crippen LogP) is 4.53. The van der Waals surface area contributed by atoms with Gasteiger partial charge in [-0.15, -0.1) is 0 Å². The molecule has 0 bridgehead atoms. The largest absolute Gasteiger partial charge is 0.397 e. The smallest absolute Gasteiger partial charge is 0.260 e. The minimum atomic E-state index is 0.374. The monoisotopic (exact) mass is 311 g/mol. The van der Waals surface area contributed by atoms with Gasteiger partial charge >= 0.3 is 0 Å². The fourth-order valence-corrected chi connectivity index (χ4v) is 3.21. The van der Waals surface area contributed by atoms with Crippen LogP contribution in [0.4, 0.5) is 5.69 Å². The third kappa shape index (κ3) is 2.50. The molecular formula is C14H15Cl2N3O. The van der Waals surface area contributed by atoms with E-state index in [2.05, 4.69) is 17.1 Å². The molecule has 3 rings (SSSR count). The second-order valence-electron chi connectivity index (χ2n) is 5.42. The highest BCUT2D eigenvalue weighted by Crippen LogP contribution is 2.38. The summed E-state index contributed by atoms with van der Waals surface area (Å²) in [6, 6.07) is 3.29. The number of anilines is 1. The SMILES string of the molecule is CC1CCC(c2noc(-c3cc(Cl)cc(Cl)c3N)n2)C1. The van der Waals surface area contributed by atoms with Gasteiger partial charge in [0.1, 0.15) is 0 Å². The number of halogens is 2. The van der Waals surface area contributed by atoms with Crippen molar-refractivity contribution < 1.29 is 4.52 Å². The maximum absolute atomic E-state index is 6.02. The molecular weight excluding hydrogens is 297 g/mol. The lowest BCUT2D eigenvalue weighted by Gasteiger charge is -2.04. The number of nitrogen functional groups attached to an aromatic ring is 1. The van der Waals surface area contributed by atoms with Crippen LogP contribution in [-0.2, 0) is 0 Å². The maximum atomic E-state index is 6.02. The maximum Gasteiger partial charge on any atom is 0.260 e. The summed E-state index contributed by atoms with van der Waals surface area (Å²) in [7, 11) is 0. The van der Waals surface area contributed by atoms with Gasteiger partial charge in [-0.25, -0.2) is 0 Å². The van der Waals surface area contributed by atoms with Crippen molar-refractivity contribution in [3.63, 3.8) is 0 Å². The van der Waals surface area contributed by atoms with E-state index in [9.17, 15) is 0 Å². The molecule has 1 aromatic heterocycles. The molecule has 2 N–H and O–H groups in total. The topological polar surface area (TPSA) is 64.9 Å².